The molecular formula is C19H24O3. The largest absolute Gasteiger partial charge is 0.427 e. The molecule has 1 saturated heterocycles. The molecule has 1 aliphatic carbocycles. The van der Waals surface area contributed by atoms with Crippen molar-refractivity contribution in [2.45, 2.75) is 58.7 Å². The number of esters is 1. The van der Waals surface area contributed by atoms with Crippen molar-refractivity contribution >= 4 is 5.97 Å². The number of rotatable bonds is 3. The summed E-state index contributed by atoms with van der Waals surface area (Å²) in [5, 5.41) is 0. The maximum atomic E-state index is 11.3. The Hall–Kier alpha value is -1.61. The highest BCUT2D eigenvalue weighted by Gasteiger charge is 2.74. The van der Waals surface area contributed by atoms with Gasteiger partial charge in [-0.2, -0.15) is 0 Å². The van der Waals surface area contributed by atoms with E-state index >= 15 is 0 Å². The van der Waals surface area contributed by atoms with Crippen molar-refractivity contribution in [1.82, 2.24) is 0 Å². The van der Waals surface area contributed by atoms with E-state index in [-0.39, 0.29) is 22.6 Å². The van der Waals surface area contributed by atoms with Gasteiger partial charge in [-0.1, -0.05) is 39.0 Å². The first-order valence-electron chi connectivity index (χ1n) is 7.95. The molecular weight excluding hydrogens is 276 g/mol. The molecule has 1 aromatic carbocycles. The van der Waals surface area contributed by atoms with E-state index in [4.69, 9.17) is 9.47 Å². The first-order valence-corrected chi connectivity index (χ1v) is 7.95. The van der Waals surface area contributed by atoms with Gasteiger partial charge in [-0.15, -0.1) is 0 Å². The zero-order valence-corrected chi connectivity index (χ0v) is 14.0. The Balaban J connectivity index is 2.12. The molecule has 0 aromatic heterocycles. The Morgan fingerprint density at radius 3 is 2.59 bits per heavy atom. The molecule has 2 atom stereocenters. The van der Waals surface area contributed by atoms with Gasteiger partial charge in [-0.3, -0.25) is 4.79 Å². The van der Waals surface area contributed by atoms with Crippen molar-refractivity contribution in [3.8, 4) is 5.75 Å². The Morgan fingerprint density at radius 1 is 1.27 bits per heavy atom. The van der Waals surface area contributed by atoms with Crippen LogP contribution in [0.4, 0.5) is 0 Å². The van der Waals surface area contributed by atoms with Crippen LogP contribution in [0.15, 0.2) is 30.4 Å². The average Bonchev–Trinajstić information content (AvgIpc) is 3.06. The fourth-order valence-electron chi connectivity index (χ4n) is 4.01. The summed E-state index contributed by atoms with van der Waals surface area (Å²) in [7, 11) is 0. The van der Waals surface area contributed by atoms with Gasteiger partial charge in [0.15, 0.2) is 0 Å². The second-order valence-corrected chi connectivity index (χ2v) is 7.19. The third kappa shape index (κ3) is 2.03. The van der Waals surface area contributed by atoms with Crippen molar-refractivity contribution in [2.75, 3.05) is 0 Å². The lowest BCUT2D eigenvalue weighted by Crippen LogP contribution is -2.38. The summed E-state index contributed by atoms with van der Waals surface area (Å²) in [6.07, 6.45) is 6.25. The quantitative estimate of drug-likeness (QED) is 0.364. The summed E-state index contributed by atoms with van der Waals surface area (Å²) < 4.78 is 11.6. The van der Waals surface area contributed by atoms with E-state index in [1.54, 1.807) is 0 Å². The van der Waals surface area contributed by atoms with E-state index in [2.05, 4.69) is 45.9 Å². The summed E-state index contributed by atoms with van der Waals surface area (Å²) in [5.74, 6) is 0.318. The second-order valence-electron chi connectivity index (χ2n) is 7.19. The maximum Gasteiger partial charge on any atom is 0.308 e. The van der Waals surface area contributed by atoms with Crippen LogP contribution in [0, 0.1) is 5.41 Å². The van der Waals surface area contributed by atoms with E-state index in [0.29, 0.717) is 5.75 Å². The molecule has 22 heavy (non-hydrogen) atoms. The van der Waals surface area contributed by atoms with Crippen LogP contribution >= 0.6 is 0 Å². The van der Waals surface area contributed by atoms with Gasteiger partial charge in [0.2, 0.25) is 0 Å². The van der Waals surface area contributed by atoms with E-state index < -0.39 is 0 Å². The maximum absolute atomic E-state index is 11.3. The Bertz CT molecular complexity index is 659. The van der Waals surface area contributed by atoms with Gasteiger partial charge in [0.25, 0.3) is 0 Å². The molecule has 0 saturated carbocycles. The van der Waals surface area contributed by atoms with Gasteiger partial charge in [0.1, 0.15) is 17.0 Å². The Kier molecular flexibility index (Phi) is 3.26. The smallest absolute Gasteiger partial charge is 0.308 e. The molecule has 0 bridgehead atoms. The lowest BCUT2D eigenvalue weighted by atomic mass is 9.64. The highest BCUT2D eigenvalue weighted by Crippen LogP contribution is 2.69. The van der Waals surface area contributed by atoms with E-state index in [1.807, 2.05) is 12.1 Å². The van der Waals surface area contributed by atoms with Crippen LogP contribution in [-0.4, -0.2) is 11.6 Å². The molecule has 2 aliphatic rings. The Labute approximate surface area is 132 Å². The molecule has 1 aromatic rings. The van der Waals surface area contributed by atoms with E-state index in [0.717, 1.165) is 24.0 Å². The lowest BCUT2D eigenvalue weighted by molar-refractivity contribution is -0.131. The first-order chi connectivity index (χ1) is 10.2. The monoisotopic (exact) mass is 300 g/mol. The predicted octanol–water partition coefficient (Wildman–Crippen LogP) is 4.14. The number of fused-ring (bicyclic) bond motifs is 1. The normalized spacial score (nSPS) is 31.5. The molecule has 0 N–H and O–H groups in total. The summed E-state index contributed by atoms with van der Waals surface area (Å²) in [6, 6.07) is 6.10. The molecule has 3 heteroatoms. The molecule has 0 radical (unpaired) electrons. The predicted molar refractivity (Wildman–Crippen MR) is 85.8 cm³/mol. The van der Waals surface area contributed by atoms with Gasteiger partial charge in [0.05, 0.1) is 0 Å². The van der Waals surface area contributed by atoms with Gasteiger partial charge in [-0.05, 0) is 43.0 Å². The molecule has 2 unspecified atom stereocenters. The van der Waals surface area contributed by atoms with Crippen LogP contribution in [-0.2, 0) is 21.6 Å². The number of aryl methyl sites for hydroxylation is 1. The van der Waals surface area contributed by atoms with Crippen LogP contribution in [0.3, 0.4) is 0 Å². The molecule has 0 amide bonds. The molecule has 3 rings (SSSR count). The third-order valence-electron chi connectivity index (χ3n) is 5.08. The fraction of sp³-hybridized carbons (Fsp3) is 0.526. The fourth-order valence-corrected chi connectivity index (χ4v) is 4.01. The molecule has 0 spiro atoms. The number of epoxide rings is 1. The first kappa shape index (κ1) is 15.3. The minimum absolute atomic E-state index is 0.00361. The number of allylic oxidation sites excluding steroid dienone is 1. The minimum Gasteiger partial charge on any atom is -0.427 e. The molecule has 1 aliphatic heterocycles. The highest BCUT2D eigenvalue weighted by atomic mass is 16.6. The van der Waals surface area contributed by atoms with Crippen molar-refractivity contribution in [2.24, 2.45) is 5.41 Å². The van der Waals surface area contributed by atoms with Crippen molar-refractivity contribution in [3.05, 3.63) is 41.5 Å². The number of benzene rings is 1. The number of carbonyl (C=O) groups is 1. The van der Waals surface area contributed by atoms with Gasteiger partial charge < -0.3 is 9.47 Å². The van der Waals surface area contributed by atoms with E-state index in [1.165, 1.54) is 6.92 Å². The van der Waals surface area contributed by atoms with Crippen LogP contribution < -0.4 is 4.74 Å². The zero-order chi connectivity index (χ0) is 16.2. The molecule has 1 heterocycles. The van der Waals surface area contributed by atoms with Crippen LogP contribution in [0.25, 0.3) is 0 Å². The topological polar surface area (TPSA) is 38.8 Å². The van der Waals surface area contributed by atoms with Gasteiger partial charge in [0, 0.05) is 12.3 Å². The second kappa shape index (κ2) is 4.69. The lowest BCUT2D eigenvalue weighted by Gasteiger charge is -2.36. The van der Waals surface area contributed by atoms with Crippen LogP contribution in [0.5, 0.6) is 5.75 Å². The number of hydrogen-bond acceptors (Lipinski definition) is 3. The molecule has 1 fully saturated rings. The van der Waals surface area contributed by atoms with Crippen molar-refractivity contribution in [3.63, 3.8) is 0 Å². The standard InChI is InChI=1S/C19H24O3/c1-6-14-10-15(12-16(11-14)21-13(2)20)19-17(3,4)8-7-9-18(19,5)22-19/h7,9-12H,6,8H2,1-5H3. The van der Waals surface area contributed by atoms with Crippen molar-refractivity contribution < 1.29 is 14.3 Å². The Morgan fingerprint density at radius 2 is 2.00 bits per heavy atom. The van der Waals surface area contributed by atoms with Gasteiger partial charge >= 0.3 is 5.97 Å². The van der Waals surface area contributed by atoms with Crippen molar-refractivity contribution in [1.29, 1.82) is 0 Å². The molecule has 118 valence electrons. The summed E-state index contributed by atoms with van der Waals surface area (Å²) >= 11 is 0. The highest BCUT2D eigenvalue weighted by molar-refractivity contribution is 5.69. The summed E-state index contributed by atoms with van der Waals surface area (Å²) in [6.45, 7) is 10.2. The SMILES string of the molecule is CCc1cc(OC(C)=O)cc(C23OC2(C)C=CCC3(C)C)c1. The van der Waals surface area contributed by atoms with Crippen LogP contribution in [0.1, 0.15) is 52.2 Å². The van der Waals surface area contributed by atoms with Gasteiger partial charge in [-0.25, -0.2) is 0 Å². The number of carbonyl (C=O) groups excluding carboxylic acids is 1. The van der Waals surface area contributed by atoms with Crippen LogP contribution in [0.2, 0.25) is 0 Å². The third-order valence-corrected chi connectivity index (χ3v) is 5.08. The summed E-state index contributed by atoms with van der Waals surface area (Å²) in [4.78, 5) is 11.3. The van der Waals surface area contributed by atoms with E-state index in [9.17, 15) is 4.79 Å². The number of ether oxygens (including phenoxy) is 2. The number of hydrogen-bond donors (Lipinski definition) is 0. The molecule has 3 nitrogen and oxygen atoms in total. The minimum atomic E-state index is -0.338. The summed E-state index contributed by atoms with van der Waals surface area (Å²) in [5.41, 5.74) is 1.66. The zero-order valence-electron chi connectivity index (χ0n) is 14.0. The average molecular weight is 300 g/mol.